The molecule has 0 rings (SSSR count). The van der Waals surface area contributed by atoms with Crippen LogP contribution in [0.4, 0.5) is 0 Å². The highest BCUT2D eigenvalue weighted by Crippen LogP contribution is 2.38. The number of primary amides is 1. The van der Waals surface area contributed by atoms with E-state index in [2.05, 4.69) is 16.8 Å². The molecule has 0 atom stereocenters. The SMILES string of the molecule is C=C(OP(=O)(O)O)C(N)=O. The number of rotatable bonds is 3. The van der Waals surface area contributed by atoms with Gasteiger partial charge < -0.3 is 10.3 Å². The van der Waals surface area contributed by atoms with Gasteiger partial charge in [0.05, 0.1) is 0 Å². The first-order valence-corrected chi connectivity index (χ1v) is 3.60. The van der Waals surface area contributed by atoms with Gasteiger partial charge in [-0.2, -0.15) is 0 Å². The largest absolute Gasteiger partial charge is 0.524 e. The number of hydrogen-bond donors (Lipinski definition) is 3. The summed E-state index contributed by atoms with van der Waals surface area (Å²) in [5.41, 5.74) is 4.54. The van der Waals surface area contributed by atoms with Gasteiger partial charge in [-0.1, -0.05) is 6.58 Å². The Hall–Kier alpha value is -0.840. The minimum atomic E-state index is -4.68. The molecule has 0 aromatic carbocycles. The summed E-state index contributed by atoms with van der Waals surface area (Å²) in [5.74, 6) is -1.86. The number of phosphoric acid groups is 1. The van der Waals surface area contributed by atoms with Gasteiger partial charge in [0.25, 0.3) is 5.91 Å². The van der Waals surface area contributed by atoms with Crippen molar-refractivity contribution in [2.24, 2.45) is 5.73 Å². The molecule has 1 amide bonds. The highest BCUT2D eigenvalue weighted by molar-refractivity contribution is 7.46. The quantitative estimate of drug-likeness (QED) is 0.286. The first-order valence-electron chi connectivity index (χ1n) is 2.07. The van der Waals surface area contributed by atoms with Crippen LogP contribution in [0.3, 0.4) is 0 Å². The minimum absolute atomic E-state index is 0.756. The summed E-state index contributed by atoms with van der Waals surface area (Å²) in [6.45, 7) is 2.85. The fourth-order valence-corrected chi connectivity index (χ4v) is 0.566. The van der Waals surface area contributed by atoms with Crippen LogP contribution in [0.2, 0.25) is 0 Å². The van der Waals surface area contributed by atoms with Crippen LogP contribution < -0.4 is 5.73 Å². The van der Waals surface area contributed by atoms with Crippen molar-refractivity contribution < 1.29 is 23.7 Å². The second-order valence-corrected chi connectivity index (χ2v) is 2.53. The first-order chi connectivity index (χ1) is 4.33. The van der Waals surface area contributed by atoms with Crippen LogP contribution in [0.15, 0.2) is 12.3 Å². The van der Waals surface area contributed by atoms with E-state index in [0.29, 0.717) is 0 Å². The van der Waals surface area contributed by atoms with Crippen LogP contribution in [-0.2, 0) is 13.9 Å². The first kappa shape index (κ1) is 9.16. The van der Waals surface area contributed by atoms with Gasteiger partial charge >= 0.3 is 7.82 Å². The molecule has 0 saturated heterocycles. The van der Waals surface area contributed by atoms with E-state index < -0.39 is 19.5 Å². The summed E-state index contributed by atoms with van der Waals surface area (Å²) in [6, 6.07) is 0. The Kier molecular flexibility index (Phi) is 2.59. The third-order valence-corrected chi connectivity index (χ3v) is 0.962. The van der Waals surface area contributed by atoms with Crippen molar-refractivity contribution in [3.05, 3.63) is 12.3 Å². The normalized spacial score (nSPS) is 10.6. The molecule has 0 aliphatic carbocycles. The maximum Gasteiger partial charge on any atom is 0.524 e. The molecule has 0 bridgehead atoms. The molecular formula is C3H6NO5P. The number of carbonyl (C=O) groups is 1. The fraction of sp³-hybridized carbons (Fsp3) is 0. The van der Waals surface area contributed by atoms with Gasteiger partial charge in [-0.05, 0) is 0 Å². The molecule has 0 spiro atoms. The van der Waals surface area contributed by atoms with E-state index in [4.69, 9.17) is 9.79 Å². The highest BCUT2D eigenvalue weighted by Gasteiger charge is 2.18. The zero-order chi connectivity index (χ0) is 8.36. The van der Waals surface area contributed by atoms with Gasteiger partial charge in [0.2, 0.25) is 0 Å². The molecule has 0 fully saturated rings. The summed E-state index contributed by atoms with van der Waals surface area (Å²) in [7, 11) is -4.68. The Morgan fingerprint density at radius 2 is 2.00 bits per heavy atom. The number of nitrogens with two attached hydrogens (primary N) is 1. The lowest BCUT2D eigenvalue weighted by atomic mass is 10.6. The average molecular weight is 167 g/mol. The molecule has 6 nitrogen and oxygen atoms in total. The topological polar surface area (TPSA) is 110 Å². The molecule has 7 heteroatoms. The van der Waals surface area contributed by atoms with E-state index in [0.717, 1.165) is 0 Å². The Morgan fingerprint density at radius 3 is 2.10 bits per heavy atom. The summed E-state index contributed by atoms with van der Waals surface area (Å²) >= 11 is 0. The van der Waals surface area contributed by atoms with Crippen LogP contribution in [0, 0.1) is 0 Å². The van der Waals surface area contributed by atoms with Gasteiger partial charge in [-0.25, -0.2) is 4.57 Å². The maximum absolute atomic E-state index is 10.0. The van der Waals surface area contributed by atoms with Gasteiger partial charge in [0.15, 0.2) is 5.76 Å². The van der Waals surface area contributed by atoms with Crippen LogP contribution in [0.25, 0.3) is 0 Å². The maximum atomic E-state index is 10.0. The van der Waals surface area contributed by atoms with Crippen LogP contribution in [0.5, 0.6) is 0 Å². The molecular weight excluding hydrogens is 161 g/mol. The number of phosphoric ester groups is 1. The minimum Gasteiger partial charge on any atom is -0.399 e. The second kappa shape index (κ2) is 2.83. The Labute approximate surface area is 56.5 Å². The lowest BCUT2D eigenvalue weighted by Crippen LogP contribution is -2.14. The molecule has 0 aliphatic heterocycles. The fourth-order valence-electron chi connectivity index (χ4n) is 0.189. The van der Waals surface area contributed by atoms with E-state index in [1.807, 2.05) is 0 Å². The Balaban J connectivity index is 4.07. The van der Waals surface area contributed by atoms with E-state index in [1.165, 1.54) is 0 Å². The average Bonchev–Trinajstić information content (AvgIpc) is 1.60. The molecule has 0 aromatic heterocycles. The Morgan fingerprint density at radius 1 is 1.60 bits per heavy atom. The molecule has 0 saturated carbocycles. The third kappa shape index (κ3) is 4.08. The molecule has 0 radical (unpaired) electrons. The van der Waals surface area contributed by atoms with Crippen LogP contribution in [-0.4, -0.2) is 15.7 Å². The van der Waals surface area contributed by atoms with Crippen molar-refractivity contribution in [3.63, 3.8) is 0 Å². The lowest BCUT2D eigenvalue weighted by molar-refractivity contribution is -0.116. The van der Waals surface area contributed by atoms with E-state index in [-0.39, 0.29) is 0 Å². The van der Waals surface area contributed by atoms with Crippen molar-refractivity contribution in [1.82, 2.24) is 0 Å². The number of carbonyl (C=O) groups excluding carboxylic acids is 1. The Bertz CT molecular complexity index is 205. The molecule has 58 valence electrons. The smallest absolute Gasteiger partial charge is 0.399 e. The standard InChI is InChI=1S/C3H6NO5P/c1-2(3(4)5)9-10(6,7)8/h1H2,(H2,4,5)(H2,6,7,8). The van der Waals surface area contributed by atoms with Crippen molar-refractivity contribution in [1.29, 1.82) is 0 Å². The number of amides is 1. The molecule has 10 heavy (non-hydrogen) atoms. The van der Waals surface area contributed by atoms with E-state index in [9.17, 15) is 9.36 Å². The molecule has 0 unspecified atom stereocenters. The summed E-state index contributed by atoms with van der Waals surface area (Å²) in [6.07, 6.45) is 0. The van der Waals surface area contributed by atoms with Crippen molar-refractivity contribution >= 4 is 13.7 Å². The highest BCUT2D eigenvalue weighted by atomic mass is 31.2. The second-order valence-electron chi connectivity index (χ2n) is 1.37. The summed E-state index contributed by atoms with van der Waals surface area (Å²) in [5, 5.41) is 0. The molecule has 0 aliphatic rings. The van der Waals surface area contributed by atoms with Crippen molar-refractivity contribution in [3.8, 4) is 0 Å². The summed E-state index contributed by atoms with van der Waals surface area (Å²) < 4.78 is 13.6. The van der Waals surface area contributed by atoms with Gasteiger partial charge in [0, 0.05) is 0 Å². The zero-order valence-corrected chi connectivity index (χ0v) is 5.75. The van der Waals surface area contributed by atoms with Gasteiger partial charge in [0.1, 0.15) is 0 Å². The molecule has 4 N–H and O–H groups in total. The lowest BCUT2D eigenvalue weighted by Gasteiger charge is -2.04. The van der Waals surface area contributed by atoms with Gasteiger partial charge in [-0.15, -0.1) is 0 Å². The van der Waals surface area contributed by atoms with Gasteiger partial charge in [-0.3, -0.25) is 14.6 Å². The van der Waals surface area contributed by atoms with Crippen LogP contribution in [0.1, 0.15) is 0 Å². The van der Waals surface area contributed by atoms with Crippen molar-refractivity contribution in [2.45, 2.75) is 0 Å². The van der Waals surface area contributed by atoms with E-state index in [1.54, 1.807) is 0 Å². The monoisotopic (exact) mass is 167 g/mol. The third-order valence-electron chi connectivity index (χ3n) is 0.504. The molecule has 0 aromatic rings. The number of hydrogen-bond acceptors (Lipinski definition) is 3. The predicted octanol–water partition coefficient (Wildman–Crippen LogP) is -0.905. The predicted molar refractivity (Wildman–Crippen MR) is 31.5 cm³/mol. The zero-order valence-electron chi connectivity index (χ0n) is 4.85. The summed E-state index contributed by atoms with van der Waals surface area (Å²) in [4.78, 5) is 26.1. The van der Waals surface area contributed by atoms with Crippen molar-refractivity contribution in [2.75, 3.05) is 0 Å². The van der Waals surface area contributed by atoms with E-state index >= 15 is 0 Å². The van der Waals surface area contributed by atoms with Crippen LogP contribution >= 0.6 is 7.82 Å². The molecule has 0 heterocycles.